The Balaban J connectivity index is 1.88. The lowest BCUT2D eigenvalue weighted by Gasteiger charge is -2.07. The van der Waals surface area contributed by atoms with Gasteiger partial charge in [0.15, 0.2) is 17.3 Å². The lowest BCUT2D eigenvalue weighted by atomic mass is 10.2. The number of fused-ring (bicyclic) bond motifs is 1. The number of nitro groups is 1. The van der Waals surface area contributed by atoms with E-state index in [1.165, 1.54) is 18.2 Å². The standard InChI is InChI=1S/C17H12N4O4/c18-9-11(17-19-12-5-1-2-6-13(12)20-17)15(22)10-25-16-8-4-3-7-14(16)21(23)24/h1-8,22H,10H2,(H,19,20)/b15-11-. The number of nitro benzene ring substituents is 1. The highest BCUT2D eigenvalue weighted by Crippen LogP contribution is 2.27. The summed E-state index contributed by atoms with van der Waals surface area (Å²) in [5.74, 6) is -0.173. The average molecular weight is 336 g/mol. The Labute approximate surface area is 141 Å². The molecule has 124 valence electrons. The number of rotatable bonds is 5. The minimum absolute atomic E-state index is 0.000876. The first kappa shape index (κ1) is 16.0. The quantitative estimate of drug-likeness (QED) is 0.318. The highest BCUT2D eigenvalue weighted by molar-refractivity contribution is 5.82. The largest absolute Gasteiger partial charge is 0.507 e. The van der Waals surface area contributed by atoms with Gasteiger partial charge in [-0.1, -0.05) is 24.3 Å². The van der Waals surface area contributed by atoms with Gasteiger partial charge in [0.25, 0.3) is 0 Å². The number of aromatic nitrogens is 2. The van der Waals surface area contributed by atoms with Gasteiger partial charge in [0.2, 0.25) is 0 Å². The molecule has 0 amide bonds. The van der Waals surface area contributed by atoms with Crippen molar-refractivity contribution in [3.05, 3.63) is 70.2 Å². The van der Waals surface area contributed by atoms with Gasteiger partial charge in [0.1, 0.15) is 18.2 Å². The van der Waals surface area contributed by atoms with Crippen LogP contribution in [0.3, 0.4) is 0 Å². The number of imidazole rings is 1. The molecular weight excluding hydrogens is 324 g/mol. The molecule has 0 atom stereocenters. The molecule has 2 aromatic carbocycles. The lowest BCUT2D eigenvalue weighted by molar-refractivity contribution is -0.385. The third kappa shape index (κ3) is 3.25. The summed E-state index contributed by atoms with van der Waals surface area (Å²) in [6.45, 7) is -0.398. The first-order chi connectivity index (χ1) is 12.1. The van der Waals surface area contributed by atoms with E-state index in [0.29, 0.717) is 5.52 Å². The zero-order valence-electron chi connectivity index (χ0n) is 12.8. The van der Waals surface area contributed by atoms with Crippen LogP contribution in [0.2, 0.25) is 0 Å². The van der Waals surface area contributed by atoms with Crippen molar-refractivity contribution in [2.45, 2.75) is 0 Å². The first-order valence-corrected chi connectivity index (χ1v) is 7.23. The number of hydrogen-bond donors (Lipinski definition) is 2. The van der Waals surface area contributed by atoms with Crippen molar-refractivity contribution in [2.24, 2.45) is 0 Å². The predicted octanol–water partition coefficient (Wildman–Crippen LogP) is 3.34. The molecule has 0 bridgehead atoms. The Bertz CT molecular complexity index is 984. The molecule has 8 heteroatoms. The number of allylic oxidation sites excluding steroid dienone is 1. The molecule has 2 N–H and O–H groups in total. The van der Waals surface area contributed by atoms with Crippen LogP contribution in [0.15, 0.2) is 54.3 Å². The molecule has 25 heavy (non-hydrogen) atoms. The minimum Gasteiger partial charge on any atom is -0.507 e. The zero-order chi connectivity index (χ0) is 17.8. The average Bonchev–Trinajstić information content (AvgIpc) is 3.04. The Morgan fingerprint density at radius 1 is 1.28 bits per heavy atom. The smallest absolute Gasteiger partial charge is 0.310 e. The van der Waals surface area contributed by atoms with E-state index in [0.717, 1.165) is 5.52 Å². The molecule has 0 spiro atoms. The summed E-state index contributed by atoms with van der Waals surface area (Å²) >= 11 is 0. The van der Waals surface area contributed by atoms with E-state index >= 15 is 0 Å². The Morgan fingerprint density at radius 2 is 2.00 bits per heavy atom. The molecule has 0 aliphatic heterocycles. The maximum absolute atomic E-state index is 11.0. The maximum atomic E-state index is 11.0. The fraction of sp³-hybridized carbons (Fsp3) is 0.0588. The monoisotopic (exact) mass is 336 g/mol. The van der Waals surface area contributed by atoms with Gasteiger partial charge in [-0.05, 0) is 18.2 Å². The van der Waals surface area contributed by atoms with Gasteiger partial charge in [-0.3, -0.25) is 10.1 Å². The number of aliphatic hydroxyl groups excluding tert-OH is 1. The second-order valence-electron chi connectivity index (χ2n) is 5.05. The van der Waals surface area contributed by atoms with Crippen LogP contribution in [0, 0.1) is 21.4 Å². The fourth-order valence-electron chi connectivity index (χ4n) is 2.27. The van der Waals surface area contributed by atoms with Crippen molar-refractivity contribution in [2.75, 3.05) is 6.61 Å². The van der Waals surface area contributed by atoms with Crippen molar-refractivity contribution in [3.8, 4) is 11.8 Å². The van der Waals surface area contributed by atoms with Gasteiger partial charge in [0, 0.05) is 6.07 Å². The number of aliphatic hydroxyl groups is 1. The second kappa shape index (κ2) is 6.72. The number of para-hydroxylation sites is 4. The van der Waals surface area contributed by atoms with Gasteiger partial charge in [-0.2, -0.15) is 5.26 Å². The SMILES string of the molecule is N#C/C(=C(/O)COc1ccccc1[N+](=O)[O-])c1nc2ccccc2[nH]1. The summed E-state index contributed by atoms with van der Waals surface area (Å²) in [6.07, 6.45) is 0. The van der Waals surface area contributed by atoms with E-state index in [-0.39, 0.29) is 28.6 Å². The summed E-state index contributed by atoms with van der Waals surface area (Å²) in [7, 11) is 0. The Morgan fingerprint density at radius 3 is 2.72 bits per heavy atom. The van der Waals surface area contributed by atoms with E-state index in [9.17, 15) is 20.5 Å². The number of H-pyrrole nitrogens is 1. The minimum atomic E-state index is -0.583. The van der Waals surface area contributed by atoms with Crippen LogP contribution in [0.1, 0.15) is 5.82 Å². The molecule has 0 saturated carbocycles. The highest BCUT2D eigenvalue weighted by Gasteiger charge is 2.17. The number of benzene rings is 2. The Hall–Kier alpha value is -3.86. The van der Waals surface area contributed by atoms with Gasteiger partial charge < -0.3 is 14.8 Å². The number of nitrogens with zero attached hydrogens (tertiary/aromatic N) is 3. The molecule has 1 heterocycles. The van der Waals surface area contributed by atoms with Gasteiger partial charge in [0.05, 0.1) is 16.0 Å². The molecule has 0 radical (unpaired) electrons. The molecule has 3 aromatic rings. The summed E-state index contributed by atoms with van der Waals surface area (Å²) in [5.41, 5.74) is 1.06. The lowest BCUT2D eigenvalue weighted by Crippen LogP contribution is -2.05. The number of hydrogen-bond acceptors (Lipinski definition) is 6. The van der Waals surface area contributed by atoms with Crippen molar-refractivity contribution in [1.82, 2.24) is 9.97 Å². The number of aromatic amines is 1. The molecule has 0 aliphatic carbocycles. The van der Waals surface area contributed by atoms with Gasteiger partial charge in [-0.15, -0.1) is 0 Å². The second-order valence-corrected chi connectivity index (χ2v) is 5.05. The molecule has 1 aromatic heterocycles. The van der Waals surface area contributed by atoms with E-state index < -0.39 is 11.5 Å². The summed E-state index contributed by atoms with van der Waals surface area (Å²) < 4.78 is 5.30. The molecule has 0 saturated heterocycles. The topological polar surface area (TPSA) is 125 Å². The predicted molar refractivity (Wildman–Crippen MR) is 89.8 cm³/mol. The fourth-order valence-corrected chi connectivity index (χ4v) is 2.27. The highest BCUT2D eigenvalue weighted by atomic mass is 16.6. The van der Waals surface area contributed by atoms with Crippen LogP contribution in [0.5, 0.6) is 5.75 Å². The number of ether oxygens (including phenoxy) is 1. The van der Waals surface area contributed by atoms with Crippen LogP contribution >= 0.6 is 0 Å². The van der Waals surface area contributed by atoms with E-state index in [4.69, 9.17) is 4.74 Å². The van der Waals surface area contributed by atoms with Gasteiger partial charge in [-0.25, -0.2) is 4.98 Å². The Kier molecular flexibility index (Phi) is 4.30. The summed E-state index contributed by atoms with van der Waals surface area (Å²) in [5, 5.41) is 30.5. The number of nitrogens with one attached hydrogen (secondary N) is 1. The maximum Gasteiger partial charge on any atom is 0.310 e. The van der Waals surface area contributed by atoms with Crippen LogP contribution in [0.4, 0.5) is 5.69 Å². The molecule has 8 nitrogen and oxygen atoms in total. The van der Waals surface area contributed by atoms with Crippen molar-refractivity contribution in [1.29, 1.82) is 5.26 Å². The zero-order valence-corrected chi connectivity index (χ0v) is 12.8. The normalized spacial score (nSPS) is 11.6. The van der Waals surface area contributed by atoms with Crippen molar-refractivity contribution >= 4 is 22.3 Å². The molecular formula is C17H12N4O4. The summed E-state index contributed by atoms with van der Waals surface area (Å²) in [4.78, 5) is 17.6. The van der Waals surface area contributed by atoms with Crippen LogP contribution in [-0.2, 0) is 0 Å². The van der Waals surface area contributed by atoms with Gasteiger partial charge >= 0.3 is 5.69 Å². The van der Waals surface area contributed by atoms with Crippen LogP contribution in [0.25, 0.3) is 16.6 Å². The van der Waals surface area contributed by atoms with E-state index in [1.54, 1.807) is 24.3 Å². The first-order valence-electron chi connectivity index (χ1n) is 7.23. The van der Waals surface area contributed by atoms with Crippen LogP contribution in [-0.4, -0.2) is 26.6 Å². The van der Waals surface area contributed by atoms with Crippen molar-refractivity contribution < 1.29 is 14.8 Å². The molecule has 0 aliphatic rings. The van der Waals surface area contributed by atoms with Crippen molar-refractivity contribution in [3.63, 3.8) is 0 Å². The van der Waals surface area contributed by atoms with E-state index in [2.05, 4.69) is 9.97 Å². The third-order valence-electron chi connectivity index (χ3n) is 3.45. The van der Waals surface area contributed by atoms with E-state index in [1.807, 2.05) is 12.1 Å². The number of nitriles is 1. The molecule has 3 rings (SSSR count). The summed E-state index contributed by atoms with van der Waals surface area (Å²) in [6, 6.07) is 14.9. The molecule has 0 unspecified atom stereocenters. The van der Waals surface area contributed by atoms with Crippen LogP contribution < -0.4 is 4.74 Å². The third-order valence-corrected chi connectivity index (χ3v) is 3.45. The molecule has 0 fully saturated rings.